The predicted molar refractivity (Wildman–Crippen MR) is 48.8 cm³/mol. The molecular formula is C10H14O2. The Morgan fingerprint density at radius 3 is 2.08 bits per heavy atom. The monoisotopic (exact) mass is 166 g/mol. The molecule has 0 atom stereocenters. The van der Waals surface area contributed by atoms with E-state index in [4.69, 9.17) is 9.47 Å². The number of allylic oxidation sites excluding steroid dienone is 5. The Bertz CT molecular complexity index is 218. The second kappa shape index (κ2) is 4.24. The zero-order valence-corrected chi connectivity index (χ0v) is 7.70. The third kappa shape index (κ3) is 1.84. The molecule has 0 unspecified atom stereocenters. The fourth-order valence-electron chi connectivity index (χ4n) is 1.22. The van der Waals surface area contributed by atoms with Crippen molar-refractivity contribution in [2.45, 2.75) is 13.2 Å². The molecule has 0 saturated heterocycles. The fourth-order valence-corrected chi connectivity index (χ4v) is 1.22. The lowest BCUT2D eigenvalue weighted by Gasteiger charge is -2.15. The van der Waals surface area contributed by atoms with E-state index in [1.54, 1.807) is 14.2 Å². The summed E-state index contributed by atoms with van der Waals surface area (Å²) in [5.41, 5.74) is 2.27. The zero-order valence-electron chi connectivity index (χ0n) is 7.70. The van der Waals surface area contributed by atoms with Gasteiger partial charge in [0.1, 0.15) is 0 Å². The van der Waals surface area contributed by atoms with Crippen molar-refractivity contribution in [1.82, 2.24) is 0 Å². The largest absolute Gasteiger partial charge is 0.352 e. The highest BCUT2D eigenvalue weighted by Gasteiger charge is 2.10. The third-order valence-electron chi connectivity index (χ3n) is 1.90. The van der Waals surface area contributed by atoms with Crippen molar-refractivity contribution >= 4 is 0 Å². The van der Waals surface area contributed by atoms with Crippen LogP contribution in [0, 0.1) is 0 Å². The number of ether oxygens (including phenoxy) is 2. The molecule has 0 aromatic heterocycles. The quantitative estimate of drug-likeness (QED) is 0.597. The molecule has 0 radical (unpaired) electrons. The molecule has 1 rings (SSSR count). The maximum Gasteiger partial charge on any atom is 0.179 e. The molecule has 2 heteroatoms. The van der Waals surface area contributed by atoms with Crippen molar-refractivity contribution in [1.29, 1.82) is 0 Å². The molecule has 0 amide bonds. The average Bonchev–Trinajstić information content (AvgIpc) is 2.58. The number of rotatable bonds is 3. The van der Waals surface area contributed by atoms with Crippen molar-refractivity contribution in [3.63, 3.8) is 0 Å². The van der Waals surface area contributed by atoms with E-state index in [-0.39, 0.29) is 6.29 Å². The van der Waals surface area contributed by atoms with Gasteiger partial charge in [0, 0.05) is 14.2 Å². The molecule has 0 aromatic rings. The van der Waals surface area contributed by atoms with Crippen molar-refractivity contribution in [3.8, 4) is 0 Å². The van der Waals surface area contributed by atoms with Gasteiger partial charge in [-0.05, 0) is 18.1 Å². The molecule has 0 aromatic carbocycles. The summed E-state index contributed by atoms with van der Waals surface area (Å²) in [5.74, 6) is 0. The van der Waals surface area contributed by atoms with Crippen LogP contribution in [0.15, 0.2) is 35.5 Å². The second-order valence-corrected chi connectivity index (χ2v) is 2.66. The molecular weight excluding hydrogens is 152 g/mol. The van der Waals surface area contributed by atoms with Gasteiger partial charge < -0.3 is 9.47 Å². The van der Waals surface area contributed by atoms with Crippen LogP contribution in [0.25, 0.3) is 0 Å². The van der Waals surface area contributed by atoms with E-state index in [0.29, 0.717) is 0 Å². The second-order valence-electron chi connectivity index (χ2n) is 2.66. The Balaban J connectivity index is 2.79. The van der Waals surface area contributed by atoms with Crippen LogP contribution < -0.4 is 0 Å². The van der Waals surface area contributed by atoms with Crippen LogP contribution in [0.5, 0.6) is 0 Å². The lowest BCUT2D eigenvalue weighted by molar-refractivity contribution is -0.0750. The van der Waals surface area contributed by atoms with Crippen LogP contribution in [0.4, 0.5) is 0 Å². The van der Waals surface area contributed by atoms with E-state index in [2.05, 4.69) is 0 Å². The summed E-state index contributed by atoms with van der Waals surface area (Å²) in [4.78, 5) is 0. The summed E-state index contributed by atoms with van der Waals surface area (Å²) >= 11 is 0. The molecule has 0 saturated carbocycles. The predicted octanol–water partition coefficient (Wildman–Crippen LogP) is 2.05. The van der Waals surface area contributed by atoms with E-state index in [1.807, 2.05) is 31.2 Å². The van der Waals surface area contributed by atoms with Crippen LogP contribution in [-0.4, -0.2) is 20.5 Å². The molecule has 1 aliphatic rings. The van der Waals surface area contributed by atoms with E-state index >= 15 is 0 Å². The number of hydrogen-bond donors (Lipinski definition) is 0. The standard InChI is InChI=1S/C10H14O2/c1-8(10(11-2)12-3)9-6-4-5-7-9/h4-7,10H,1-3H3. The first-order chi connectivity index (χ1) is 5.79. The molecule has 2 nitrogen and oxygen atoms in total. The summed E-state index contributed by atoms with van der Waals surface area (Å²) < 4.78 is 10.3. The summed E-state index contributed by atoms with van der Waals surface area (Å²) in [7, 11) is 3.28. The van der Waals surface area contributed by atoms with Gasteiger partial charge in [0.25, 0.3) is 0 Å². The first-order valence-corrected chi connectivity index (χ1v) is 3.90. The van der Waals surface area contributed by atoms with Gasteiger partial charge >= 0.3 is 0 Å². The first kappa shape index (κ1) is 9.23. The van der Waals surface area contributed by atoms with Crippen molar-refractivity contribution in [2.24, 2.45) is 0 Å². The molecule has 12 heavy (non-hydrogen) atoms. The van der Waals surface area contributed by atoms with Crippen LogP contribution in [0.1, 0.15) is 6.92 Å². The first-order valence-electron chi connectivity index (χ1n) is 3.90. The van der Waals surface area contributed by atoms with Crippen molar-refractivity contribution < 1.29 is 9.47 Å². The minimum Gasteiger partial charge on any atom is -0.352 e. The van der Waals surface area contributed by atoms with Crippen LogP contribution in [0.2, 0.25) is 0 Å². The van der Waals surface area contributed by atoms with Gasteiger partial charge in [-0.15, -0.1) is 0 Å². The van der Waals surface area contributed by atoms with Gasteiger partial charge in [0.05, 0.1) is 0 Å². The van der Waals surface area contributed by atoms with Crippen LogP contribution in [0.3, 0.4) is 0 Å². The number of hydrogen-bond acceptors (Lipinski definition) is 2. The highest BCUT2D eigenvalue weighted by Crippen LogP contribution is 2.17. The van der Waals surface area contributed by atoms with Crippen LogP contribution in [-0.2, 0) is 9.47 Å². The Hall–Kier alpha value is -0.860. The Morgan fingerprint density at radius 2 is 1.67 bits per heavy atom. The highest BCUT2D eigenvalue weighted by molar-refractivity contribution is 5.43. The van der Waals surface area contributed by atoms with Gasteiger partial charge in [-0.3, -0.25) is 0 Å². The third-order valence-corrected chi connectivity index (χ3v) is 1.90. The summed E-state index contributed by atoms with van der Waals surface area (Å²) in [6.45, 7) is 2.01. The highest BCUT2D eigenvalue weighted by atomic mass is 16.7. The summed E-state index contributed by atoms with van der Waals surface area (Å²) in [5, 5.41) is 0. The summed E-state index contributed by atoms with van der Waals surface area (Å²) in [6, 6.07) is 0. The molecule has 0 spiro atoms. The SMILES string of the molecule is COC(OC)C(C)=C1C=CC=C1. The normalized spacial score (nSPS) is 14.8. The topological polar surface area (TPSA) is 18.5 Å². The minimum atomic E-state index is -0.229. The zero-order chi connectivity index (χ0) is 8.97. The van der Waals surface area contributed by atoms with Crippen LogP contribution >= 0.6 is 0 Å². The summed E-state index contributed by atoms with van der Waals surface area (Å²) in [6.07, 6.45) is 7.86. The molecule has 0 N–H and O–H groups in total. The Morgan fingerprint density at radius 1 is 1.17 bits per heavy atom. The van der Waals surface area contributed by atoms with Gasteiger partial charge in [-0.1, -0.05) is 24.3 Å². The molecule has 66 valence electrons. The van der Waals surface area contributed by atoms with E-state index in [0.717, 1.165) is 5.57 Å². The van der Waals surface area contributed by atoms with Gasteiger partial charge in [0.2, 0.25) is 0 Å². The molecule has 1 aliphatic carbocycles. The smallest absolute Gasteiger partial charge is 0.179 e. The van der Waals surface area contributed by atoms with Gasteiger partial charge in [-0.25, -0.2) is 0 Å². The molecule has 0 fully saturated rings. The molecule has 0 bridgehead atoms. The Labute approximate surface area is 73.2 Å². The number of methoxy groups -OCH3 is 2. The van der Waals surface area contributed by atoms with E-state index < -0.39 is 0 Å². The molecule has 0 aliphatic heterocycles. The van der Waals surface area contributed by atoms with Crippen molar-refractivity contribution in [3.05, 3.63) is 35.5 Å². The van der Waals surface area contributed by atoms with E-state index in [9.17, 15) is 0 Å². The lowest BCUT2D eigenvalue weighted by atomic mass is 10.1. The van der Waals surface area contributed by atoms with E-state index in [1.165, 1.54) is 5.57 Å². The van der Waals surface area contributed by atoms with Gasteiger partial charge in [-0.2, -0.15) is 0 Å². The van der Waals surface area contributed by atoms with Gasteiger partial charge in [0.15, 0.2) is 6.29 Å². The lowest BCUT2D eigenvalue weighted by Crippen LogP contribution is -2.15. The average molecular weight is 166 g/mol. The fraction of sp³-hybridized carbons (Fsp3) is 0.400. The Kier molecular flexibility index (Phi) is 3.26. The molecule has 0 heterocycles. The maximum absolute atomic E-state index is 5.13. The van der Waals surface area contributed by atoms with Crippen molar-refractivity contribution in [2.75, 3.05) is 14.2 Å². The minimum absolute atomic E-state index is 0.229. The maximum atomic E-state index is 5.13.